The quantitative estimate of drug-likeness (QED) is 0.0393. The Labute approximate surface area is 522 Å². The Balaban J connectivity index is 0.916. The van der Waals surface area contributed by atoms with Crippen LogP contribution in [0.2, 0.25) is 0 Å². The van der Waals surface area contributed by atoms with E-state index in [-0.39, 0.29) is 17.3 Å². The monoisotopic (exact) mass is 1300 g/mol. The summed E-state index contributed by atoms with van der Waals surface area (Å²) < 4.78 is 67.4. The van der Waals surface area contributed by atoms with Gasteiger partial charge < -0.3 is 139 Å². The van der Waals surface area contributed by atoms with Crippen LogP contribution in [0.1, 0.15) is 107 Å². The number of hydrogen-bond acceptors (Lipinski definition) is 29. The molecule has 4 saturated carbocycles. The third-order valence-electron chi connectivity index (χ3n) is 23.6. The normalized spacial score (nSPS) is 53.5. The van der Waals surface area contributed by atoms with Crippen molar-refractivity contribution in [1.29, 1.82) is 0 Å². The highest BCUT2D eigenvalue weighted by atomic mass is 16.8. The van der Waals surface area contributed by atoms with Crippen molar-refractivity contribution >= 4 is 5.97 Å². The third-order valence-corrected chi connectivity index (χ3v) is 23.6. The summed E-state index contributed by atoms with van der Waals surface area (Å²) in [6, 6.07) is 0. The molecule has 10 aliphatic rings. The van der Waals surface area contributed by atoms with E-state index in [9.17, 15) is 91.6 Å². The van der Waals surface area contributed by atoms with Gasteiger partial charge in [-0.3, -0.25) is 4.79 Å². The van der Waals surface area contributed by atoms with Crippen molar-refractivity contribution in [3.05, 3.63) is 11.6 Å². The van der Waals surface area contributed by atoms with E-state index in [1.807, 2.05) is 0 Å². The summed E-state index contributed by atoms with van der Waals surface area (Å²) in [6.07, 6.45) is -36.6. The summed E-state index contributed by atoms with van der Waals surface area (Å²) in [6.45, 7) is 12.7. The first-order valence-electron chi connectivity index (χ1n) is 31.8. The van der Waals surface area contributed by atoms with Gasteiger partial charge in [-0.2, -0.15) is 0 Å². The van der Waals surface area contributed by atoms with Gasteiger partial charge in [0.1, 0.15) is 122 Å². The Morgan fingerprint density at radius 3 is 1.57 bits per heavy atom. The van der Waals surface area contributed by atoms with Crippen LogP contribution in [0, 0.1) is 50.2 Å². The fourth-order valence-corrected chi connectivity index (χ4v) is 18.3. The van der Waals surface area contributed by atoms with Crippen molar-refractivity contribution in [1.82, 2.24) is 0 Å². The maximum absolute atomic E-state index is 13.4. The van der Waals surface area contributed by atoms with Crippen molar-refractivity contribution in [2.45, 2.75) is 272 Å². The SMILES string of the molecule is CC(=O)O[C@@H]1C[C@]2(C)C(=CC[C@@H]3[C@@]4(C)CC[C@H](O[C@@H]5OC[C@H](O[C@@H]6O[C@H](CO)[C@@H](O)[C@H](O)[C@H]6O)[C@H](O)[C@H]5O[C@@H]5O[C@H](CO[C@@H]6O[C@H](CO)[C@@H](O)[C@H](O)[C@H]6O)[C@@H](O)[C@H](O)[C@H]5O)C(C)(C)[C@@H]4CC[C@]32C)[C@@H]2CC(C)(C)C[C@H](O[C@@H]3O[C@H](CO)[C@@H](O)[C@H](O)[C@H]3O)[C@]12CO. The average molecular weight is 1300 g/mol. The van der Waals surface area contributed by atoms with Crippen LogP contribution in [0.5, 0.6) is 0 Å². The molecule has 0 aromatic heterocycles. The molecule has 0 radical (unpaired) electrons. The first kappa shape index (κ1) is 70.9. The minimum Gasteiger partial charge on any atom is -0.462 e. The topological polar surface area (TPSA) is 463 Å². The van der Waals surface area contributed by atoms with Crippen LogP contribution < -0.4 is 0 Å². The molecule has 0 aromatic rings. The highest BCUT2D eigenvalue weighted by Gasteiger charge is 2.73. The van der Waals surface area contributed by atoms with Gasteiger partial charge in [-0.05, 0) is 96.2 Å². The molecule has 17 N–H and O–H groups in total. The Kier molecular flexibility index (Phi) is 20.9. The number of carbonyl (C=O) groups excluding carboxylic acids is 1. The molecule has 5 saturated heterocycles. The summed E-state index contributed by atoms with van der Waals surface area (Å²) in [5.41, 5.74) is -2.71. The predicted molar refractivity (Wildman–Crippen MR) is 302 cm³/mol. The van der Waals surface area contributed by atoms with Gasteiger partial charge in [-0.15, -0.1) is 0 Å². The largest absolute Gasteiger partial charge is 0.462 e. The molecule has 34 atom stereocenters. The lowest BCUT2D eigenvalue weighted by molar-refractivity contribution is -0.385. The lowest BCUT2D eigenvalue weighted by Gasteiger charge is -2.72. The van der Waals surface area contributed by atoms with Crippen LogP contribution in [-0.2, 0) is 56.9 Å². The number of rotatable bonds is 16. The van der Waals surface area contributed by atoms with E-state index in [0.29, 0.717) is 51.4 Å². The number of carbonyl (C=O) groups is 1. The van der Waals surface area contributed by atoms with E-state index in [0.717, 1.165) is 5.57 Å². The Morgan fingerprint density at radius 2 is 1.02 bits per heavy atom. The van der Waals surface area contributed by atoms with Crippen molar-refractivity contribution < 1.29 is 144 Å². The first-order valence-corrected chi connectivity index (χ1v) is 31.8. The third kappa shape index (κ3) is 12.0. The molecule has 90 heavy (non-hydrogen) atoms. The predicted octanol–water partition coefficient (Wildman–Crippen LogP) is -4.59. The second-order valence-corrected chi connectivity index (χ2v) is 29.5. The summed E-state index contributed by atoms with van der Waals surface area (Å²) in [7, 11) is 0. The van der Waals surface area contributed by atoms with Crippen LogP contribution >= 0.6 is 0 Å². The lowest BCUT2D eigenvalue weighted by Crippen LogP contribution is -2.70. The number of aliphatic hydroxyl groups excluding tert-OH is 17. The molecular formula is C61H100O29. The molecule has 518 valence electrons. The van der Waals surface area contributed by atoms with Gasteiger partial charge in [0, 0.05) is 6.92 Å². The smallest absolute Gasteiger partial charge is 0.302 e. The summed E-state index contributed by atoms with van der Waals surface area (Å²) in [5, 5.41) is 184. The fourth-order valence-electron chi connectivity index (χ4n) is 18.3. The summed E-state index contributed by atoms with van der Waals surface area (Å²) in [5.74, 6) is -0.979. The Morgan fingerprint density at radius 1 is 0.522 bits per heavy atom. The molecule has 9 fully saturated rings. The van der Waals surface area contributed by atoms with E-state index in [4.69, 9.17) is 52.1 Å². The zero-order valence-corrected chi connectivity index (χ0v) is 52.3. The van der Waals surface area contributed by atoms with E-state index in [1.165, 1.54) is 6.92 Å². The van der Waals surface area contributed by atoms with E-state index in [2.05, 4.69) is 54.5 Å². The molecule has 5 aliphatic heterocycles. The molecule has 0 amide bonds. The van der Waals surface area contributed by atoms with Gasteiger partial charge >= 0.3 is 5.97 Å². The van der Waals surface area contributed by atoms with Gasteiger partial charge in [-0.1, -0.05) is 60.1 Å². The van der Waals surface area contributed by atoms with E-state index < -0.39 is 244 Å². The standard InChI is InChI=1S/C61H100O29/c1-24(66)82-36-17-60(8)25(26-15-56(2,3)16-35(61(26,36)23-65)89-53-48(78)44(74)39(69)29(20-64)85-53)9-10-33-58(6)13-12-34(57(4,5)32(58)11-14-59(33,60)7)88-55-50(41(71)31(22-81-55)87-52-47(77)43(73)38(68)28(19-63)84-52)90-54-49(79)45(75)40(70)30(86-54)21-80-51-46(76)42(72)37(67)27(18-62)83-51/h9,26-55,62-65,67-79H,10-23H2,1-8H3/t26-,27+,28+,29+,30+,31-,32-,33+,34-,35-,36+,37+,38+,39+,40+,41-,42-,43-,44-,45-,46+,47+,48+,49+,50+,51+,52-,53-,54-,55-,58-,59+,60+,61+/m0/s1. The number of esters is 1. The summed E-state index contributed by atoms with van der Waals surface area (Å²) >= 11 is 0. The minimum atomic E-state index is -2.03. The maximum atomic E-state index is 13.4. The maximum Gasteiger partial charge on any atom is 0.302 e. The van der Waals surface area contributed by atoms with Crippen LogP contribution in [0.15, 0.2) is 11.6 Å². The van der Waals surface area contributed by atoms with E-state index in [1.54, 1.807) is 0 Å². The number of allylic oxidation sites excluding steroid dienone is 2. The molecule has 0 bridgehead atoms. The number of ether oxygens (including phenoxy) is 11. The average Bonchev–Trinajstić information content (AvgIpc) is 0.672. The van der Waals surface area contributed by atoms with Crippen LogP contribution in [0.3, 0.4) is 0 Å². The molecule has 0 spiro atoms. The Hall–Kier alpha value is -1.87. The zero-order valence-electron chi connectivity index (χ0n) is 52.3. The highest BCUT2D eigenvalue weighted by molar-refractivity contribution is 5.66. The van der Waals surface area contributed by atoms with Gasteiger partial charge in [0.15, 0.2) is 31.5 Å². The van der Waals surface area contributed by atoms with Crippen LogP contribution in [0.25, 0.3) is 0 Å². The second-order valence-electron chi connectivity index (χ2n) is 29.5. The molecule has 5 aliphatic carbocycles. The first-order chi connectivity index (χ1) is 42.2. The molecule has 0 aromatic carbocycles. The molecule has 29 heteroatoms. The van der Waals surface area contributed by atoms with Crippen molar-refractivity contribution in [3.63, 3.8) is 0 Å². The molecular weight excluding hydrogens is 1200 g/mol. The molecule has 0 unspecified atom stereocenters. The minimum absolute atomic E-state index is 0.0311. The Bertz CT molecular complexity index is 2490. The van der Waals surface area contributed by atoms with Crippen molar-refractivity contribution in [2.24, 2.45) is 50.2 Å². The molecule has 29 nitrogen and oxygen atoms in total. The summed E-state index contributed by atoms with van der Waals surface area (Å²) in [4.78, 5) is 13.4. The van der Waals surface area contributed by atoms with Gasteiger partial charge in [0.05, 0.1) is 57.3 Å². The van der Waals surface area contributed by atoms with Gasteiger partial charge in [0.25, 0.3) is 0 Å². The van der Waals surface area contributed by atoms with Crippen molar-refractivity contribution in [2.75, 3.05) is 39.6 Å². The molecule has 5 heterocycles. The van der Waals surface area contributed by atoms with Gasteiger partial charge in [0.2, 0.25) is 0 Å². The van der Waals surface area contributed by atoms with E-state index >= 15 is 0 Å². The highest BCUT2D eigenvalue weighted by Crippen LogP contribution is 2.76. The fraction of sp³-hybridized carbons (Fsp3) is 0.951. The molecule has 10 rings (SSSR count). The van der Waals surface area contributed by atoms with Crippen LogP contribution in [0.4, 0.5) is 0 Å². The van der Waals surface area contributed by atoms with Crippen molar-refractivity contribution in [3.8, 4) is 0 Å². The number of fused-ring (bicyclic) bond motifs is 7. The zero-order chi connectivity index (χ0) is 65.9. The number of aliphatic hydroxyl groups is 17. The lowest BCUT2D eigenvalue weighted by atomic mass is 9.33. The number of hydrogen-bond donors (Lipinski definition) is 17. The second kappa shape index (κ2) is 26.5. The van der Waals surface area contributed by atoms with Gasteiger partial charge in [-0.25, -0.2) is 0 Å². The van der Waals surface area contributed by atoms with Crippen LogP contribution in [-0.4, -0.2) is 298 Å².